The van der Waals surface area contributed by atoms with Crippen LogP contribution >= 0.6 is 0 Å². The van der Waals surface area contributed by atoms with Crippen molar-refractivity contribution in [2.24, 2.45) is 0 Å². The van der Waals surface area contributed by atoms with E-state index in [1.807, 2.05) is 0 Å². The minimum absolute atomic E-state index is 0.0190. The van der Waals surface area contributed by atoms with Crippen molar-refractivity contribution in [3.63, 3.8) is 0 Å². The first-order valence-electron chi connectivity index (χ1n) is 29.4. The Kier molecular flexibility index (Phi) is 11.0. The van der Waals surface area contributed by atoms with E-state index in [2.05, 4.69) is 290 Å². The molecule has 0 bridgehead atoms. The molecule has 0 radical (unpaired) electrons. The fourth-order valence-electron chi connectivity index (χ4n) is 14.0. The second-order valence-electron chi connectivity index (χ2n) is 26.8. The van der Waals surface area contributed by atoms with Crippen molar-refractivity contribution in [3.8, 4) is 11.1 Å². The largest absolute Gasteiger partial charge is 0.456 e. The van der Waals surface area contributed by atoms with Crippen LogP contribution in [0.25, 0.3) is 55.0 Å². The summed E-state index contributed by atoms with van der Waals surface area (Å²) in [6.07, 6.45) is 2.22. The Balaban J connectivity index is 1.13. The van der Waals surface area contributed by atoms with Crippen molar-refractivity contribution >= 4 is 118 Å². The number of para-hydroxylation sites is 3. The molecule has 1 aliphatic carbocycles. The average Bonchev–Trinajstić information content (AvgIpc) is 1.53. The molecule has 0 amide bonds. The summed E-state index contributed by atoms with van der Waals surface area (Å²) in [5.74, 6) is 0. The minimum Gasteiger partial charge on any atom is -0.456 e. The fraction of sp³-hybridized carbons (Fsp3) is 0.211. The van der Waals surface area contributed by atoms with E-state index in [9.17, 15) is 0 Å². The van der Waals surface area contributed by atoms with Gasteiger partial charge in [0, 0.05) is 55.8 Å². The third kappa shape index (κ3) is 7.74. The lowest BCUT2D eigenvalue weighted by Gasteiger charge is -2.48. The molecule has 0 unspecified atom stereocenters. The van der Waals surface area contributed by atoms with Crippen LogP contribution in [0.3, 0.4) is 0 Å². The van der Waals surface area contributed by atoms with Crippen LogP contribution in [0.15, 0.2) is 215 Å². The normalized spacial score (nSPS) is 15.2. The highest BCUT2D eigenvalue weighted by Gasteiger charge is 2.48. The van der Waals surface area contributed by atoms with Crippen LogP contribution in [0.1, 0.15) is 104 Å². The van der Waals surface area contributed by atoms with Crippen LogP contribution in [-0.2, 0) is 21.7 Å². The van der Waals surface area contributed by atoms with Crippen LogP contribution < -0.4 is 31.1 Å². The van der Waals surface area contributed by atoms with Crippen molar-refractivity contribution in [1.29, 1.82) is 0 Å². The monoisotopic (exact) mass is 1070 g/mol. The zero-order valence-corrected chi connectivity index (χ0v) is 48.8. The van der Waals surface area contributed by atoms with Crippen LogP contribution in [-0.4, -0.2) is 6.71 Å². The maximum absolute atomic E-state index is 6.96. The molecule has 2 aliphatic heterocycles. The number of hydrogen-bond donors (Lipinski definition) is 0. The lowest BCUT2D eigenvalue weighted by Crippen LogP contribution is -2.62. The molecule has 10 aromatic carbocycles. The number of rotatable bonds is 6. The number of fused-ring (bicyclic) bond motifs is 12. The first-order chi connectivity index (χ1) is 39.4. The molecule has 4 heterocycles. The van der Waals surface area contributed by atoms with Gasteiger partial charge in [-0.2, -0.15) is 0 Å². The summed E-state index contributed by atoms with van der Waals surface area (Å²) in [7, 11) is 0. The second-order valence-corrected chi connectivity index (χ2v) is 26.8. The molecule has 3 aliphatic rings. The van der Waals surface area contributed by atoms with Gasteiger partial charge in [-0.25, -0.2) is 0 Å². The molecule has 5 nitrogen and oxygen atoms in total. The van der Waals surface area contributed by atoms with Crippen LogP contribution in [0.4, 0.5) is 51.2 Å². The van der Waals surface area contributed by atoms with E-state index >= 15 is 0 Å². The summed E-state index contributed by atoms with van der Waals surface area (Å²) in [6.45, 7) is 23.5. The Morgan fingerprint density at radius 1 is 0.427 bits per heavy atom. The summed E-state index contributed by atoms with van der Waals surface area (Å²) >= 11 is 0. The molecular formula is C76H68BN3O2. The number of anilines is 9. The molecule has 0 atom stereocenters. The summed E-state index contributed by atoms with van der Waals surface area (Å²) in [6, 6.07) is 77.3. The number of benzene rings is 10. The molecular weight excluding hydrogens is 998 g/mol. The Labute approximate surface area is 482 Å². The summed E-state index contributed by atoms with van der Waals surface area (Å²) in [4.78, 5) is 7.73. The molecule has 15 rings (SSSR count). The topological polar surface area (TPSA) is 36.0 Å². The number of nitrogens with zero attached hydrogens (tertiary/aromatic N) is 3. The Morgan fingerprint density at radius 2 is 0.988 bits per heavy atom. The van der Waals surface area contributed by atoms with E-state index in [0.29, 0.717) is 0 Å². The molecule has 12 aromatic rings. The van der Waals surface area contributed by atoms with Crippen LogP contribution in [0.5, 0.6) is 0 Å². The van der Waals surface area contributed by atoms with Crippen molar-refractivity contribution in [2.45, 2.75) is 104 Å². The highest BCUT2D eigenvalue weighted by Crippen LogP contribution is 2.55. The maximum atomic E-state index is 6.96. The van der Waals surface area contributed by atoms with E-state index in [1.54, 1.807) is 0 Å². The van der Waals surface area contributed by atoms with Gasteiger partial charge in [0.2, 0.25) is 0 Å². The molecule has 402 valence electrons. The second kappa shape index (κ2) is 17.9. The minimum atomic E-state index is -0.162. The predicted octanol–water partition coefficient (Wildman–Crippen LogP) is 19.6. The van der Waals surface area contributed by atoms with Gasteiger partial charge in [0.15, 0.2) is 0 Å². The lowest BCUT2D eigenvalue weighted by atomic mass is 9.33. The van der Waals surface area contributed by atoms with Gasteiger partial charge in [0.1, 0.15) is 22.3 Å². The van der Waals surface area contributed by atoms with Gasteiger partial charge in [-0.05, 0) is 170 Å². The molecule has 0 spiro atoms. The standard InChI is InChI=1S/C76H68BN3O2/c1-73(2,3)48-29-32-51(33-30-48)78(50-23-15-12-16-24-50)53-43-64-71-65(44-53)80(62-36-31-49(74(4,5)6)41-56(62)47-21-13-11-14-22-47)72-60(35-38-69-70(72)55-26-18-20-28-67(55)82-69)77(71)61-45-58-59(76(9,10)40-39-75(58,7)8)46-63(61)79(64)52-34-37-68-57(42-52)54-25-17-19-27-66(54)81-68/h11-38,41-46H,39-40H2,1-10H3. The Bertz CT molecular complexity index is 4550. The molecule has 82 heavy (non-hydrogen) atoms. The van der Waals surface area contributed by atoms with Crippen molar-refractivity contribution in [1.82, 2.24) is 0 Å². The van der Waals surface area contributed by atoms with Gasteiger partial charge >= 0.3 is 0 Å². The maximum Gasteiger partial charge on any atom is 0.252 e. The molecule has 0 N–H and O–H groups in total. The Morgan fingerprint density at radius 3 is 1.68 bits per heavy atom. The zero-order chi connectivity index (χ0) is 56.2. The summed E-state index contributed by atoms with van der Waals surface area (Å²) < 4.78 is 13.6. The quantitative estimate of drug-likeness (QED) is 0.155. The summed E-state index contributed by atoms with van der Waals surface area (Å²) in [5, 5.41) is 4.42. The van der Waals surface area contributed by atoms with Crippen molar-refractivity contribution < 1.29 is 8.83 Å². The van der Waals surface area contributed by atoms with E-state index in [4.69, 9.17) is 8.83 Å². The third-order valence-electron chi connectivity index (χ3n) is 18.6. The van der Waals surface area contributed by atoms with Gasteiger partial charge in [0.05, 0.1) is 22.4 Å². The van der Waals surface area contributed by atoms with Gasteiger partial charge in [-0.3, -0.25) is 0 Å². The van der Waals surface area contributed by atoms with Gasteiger partial charge in [0.25, 0.3) is 6.71 Å². The third-order valence-corrected chi connectivity index (χ3v) is 18.6. The van der Waals surface area contributed by atoms with E-state index in [1.165, 1.54) is 49.9 Å². The van der Waals surface area contributed by atoms with Crippen molar-refractivity contribution in [2.75, 3.05) is 14.7 Å². The van der Waals surface area contributed by atoms with E-state index in [-0.39, 0.29) is 28.4 Å². The first kappa shape index (κ1) is 50.2. The van der Waals surface area contributed by atoms with Gasteiger partial charge in [-0.15, -0.1) is 0 Å². The number of furan rings is 2. The average molecular weight is 1070 g/mol. The van der Waals surface area contributed by atoms with Gasteiger partial charge < -0.3 is 23.5 Å². The molecule has 6 heteroatoms. The van der Waals surface area contributed by atoms with E-state index in [0.717, 1.165) is 108 Å². The van der Waals surface area contributed by atoms with Crippen LogP contribution in [0, 0.1) is 0 Å². The van der Waals surface area contributed by atoms with E-state index < -0.39 is 0 Å². The zero-order valence-electron chi connectivity index (χ0n) is 48.8. The Hall–Kier alpha value is -8.74. The first-order valence-corrected chi connectivity index (χ1v) is 29.4. The molecule has 0 saturated heterocycles. The molecule has 0 fully saturated rings. The molecule has 0 saturated carbocycles. The van der Waals surface area contributed by atoms with Crippen molar-refractivity contribution in [3.05, 3.63) is 229 Å². The lowest BCUT2D eigenvalue weighted by molar-refractivity contribution is 0.332. The predicted molar refractivity (Wildman–Crippen MR) is 348 cm³/mol. The van der Waals surface area contributed by atoms with Crippen LogP contribution in [0.2, 0.25) is 0 Å². The SMILES string of the molecule is CC(C)(C)c1ccc(N(c2ccccc2)c2cc3c4c(c2)N(c2ccc(C(C)(C)C)cc2-c2ccccc2)c2c(ccc5oc6ccccc6c25)B4c2cc4c(cc2N3c2ccc3oc5ccccc5c3c2)C(C)(C)CCC4(C)C)cc1. The van der Waals surface area contributed by atoms with Gasteiger partial charge in [-0.1, -0.05) is 184 Å². The summed E-state index contributed by atoms with van der Waals surface area (Å²) in [5.41, 5.74) is 24.9. The fourth-order valence-corrected chi connectivity index (χ4v) is 14.0. The number of hydrogen-bond acceptors (Lipinski definition) is 5. The smallest absolute Gasteiger partial charge is 0.252 e. The highest BCUT2D eigenvalue weighted by atomic mass is 16.3. The highest BCUT2D eigenvalue weighted by molar-refractivity contribution is 7.00. The molecule has 2 aromatic heterocycles.